The number of hydrogen-bond donors (Lipinski definition) is 1. The van der Waals surface area contributed by atoms with Crippen molar-refractivity contribution in [3.8, 4) is 5.75 Å². The molecule has 0 aromatic heterocycles. The molecule has 2 N–H and O–H groups in total. The van der Waals surface area contributed by atoms with E-state index in [1.54, 1.807) is 0 Å². The van der Waals surface area contributed by atoms with Crippen molar-refractivity contribution in [3.63, 3.8) is 0 Å². The van der Waals surface area contributed by atoms with Gasteiger partial charge in [0, 0.05) is 11.1 Å². The van der Waals surface area contributed by atoms with Crippen LogP contribution in [0.3, 0.4) is 0 Å². The molecule has 1 aromatic rings. The van der Waals surface area contributed by atoms with E-state index in [0.717, 1.165) is 18.1 Å². The third-order valence-electron chi connectivity index (χ3n) is 2.90. The summed E-state index contributed by atoms with van der Waals surface area (Å²) in [5.74, 6) is 1.74. The van der Waals surface area contributed by atoms with E-state index in [0.29, 0.717) is 11.6 Å². The van der Waals surface area contributed by atoms with Gasteiger partial charge < -0.3 is 10.5 Å². The van der Waals surface area contributed by atoms with Gasteiger partial charge in [-0.05, 0) is 37.0 Å². The van der Waals surface area contributed by atoms with Crippen molar-refractivity contribution in [2.75, 3.05) is 6.61 Å². The van der Waals surface area contributed by atoms with Crippen LogP contribution in [-0.4, -0.2) is 12.6 Å². The number of nitrogens with two attached hydrogens (primary N) is 1. The van der Waals surface area contributed by atoms with Crippen LogP contribution in [0.15, 0.2) is 24.3 Å². The molecule has 0 aliphatic heterocycles. The van der Waals surface area contributed by atoms with Gasteiger partial charge in [0.15, 0.2) is 0 Å². The standard InChI is InChI=1S/C13H18ClNO/c14-11-2-1-3-13(8-11)16-9-12(15)7-6-10-4-5-10/h1-3,8,10,12H,4-7,9,15H2. The molecule has 0 saturated heterocycles. The third kappa shape index (κ3) is 4.03. The number of hydrogen-bond acceptors (Lipinski definition) is 2. The van der Waals surface area contributed by atoms with Gasteiger partial charge in [-0.2, -0.15) is 0 Å². The van der Waals surface area contributed by atoms with Gasteiger partial charge in [0.1, 0.15) is 12.4 Å². The molecule has 0 bridgehead atoms. The summed E-state index contributed by atoms with van der Waals surface area (Å²) < 4.78 is 5.59. The highest BCUT2D eigenvalue weighted by Gasteiger charge is 2.21. The molecule has 2 nitrogen and oxygen atoms in total. The summed E-state index contributed by atoms with van der Waals surface area (Å²) >= 11 is 5.86. The molecular formula is C13H18ClNO. The number of halogens is 1. The lowest BCUT2D eigenvalue weighted by Gasteiger charge is -2.12. The lowest BCUT2D eigenvalue weighted by molar-refractivity contribution is 0.278. The molecule has 1 atom stereocenters. The summed E-state index contributed by atoms with van der Waals surface area (Å²) in [5.41, 5.74) is 5.98. The van der Waals surface area contributed by atoms with Crippen molar-refractivity contribution < 1.29 is 4.74 Å². The molecule has 0 heterocycles. The highest BCUT2D eigenvalue weighted by Crippen LogP contribution is 2.33. The fraction of sp³-hybridized carbons (Fsp3) is 0.538. The van der Waals surface area contributed by atoms with Crippen LogP contribution in [-0.2, 0) is 0 Å². The quantitative estimate of drug-likeness (QED) is 0.827. The van der Waals surface area contributed by atoms with E-state index in [1.165, 1.54) is 19.3 Å². The Morgan fingerprint density at radius 3 is 2.94 bits per heavy atom. The molecule has 0 spiro atoms. The molecule has 1 aromatic carbocycles. The summed E-state index contributed by atoms with van der Waals surface area (Å²) in [6.07, 6.45) is 5.09. The summed E-state index contributed by atoms with van der Waals surface area (Å²) in [7, 11) is 0. The SMILES string of the molecule is NC(CCC1CC1)COc1cccc(Cl)c1. The minimum Gasteiger partial charge on any atom is -0.492 e. The van der Waals surface area contributed by atoms with E-state index in [2.05, 4.69) is 0 Å². The first-order valence-electron chi connectivity index (χ1n) is 5.88. The highest BCUT2D eigenvalue weighted by molar-refractivity contribution is 6.30. The smallest absolute Gasteiger partial charge is 0.120 e. The first-order valence-corrected chi connectivity index (χ1v) is 6.26. The van der Waals surface area contributed by atoms with Crippen molar-refractivity contribution in [2.24, 2.45) is 11.7 Å². The van der Waals surface area contributed by atoms with Gasteiger partial charge in [0.2, 0.25) is 0 Å². The molecule has 1 fully saturated rings. The van der Waals surface area contributed by atoms with E-state index < -0.39 is 0 Å². The molecule has 0 amide bonds. The molecule has 3 heteroatoms. The van der Waals surface area contributed by atoms with Gasteiger partial charge >= 0.3 is 0 Å². The molecule has 1 unspecified atom stereocenters. The van der Waals surface area contributed by atoms with Crippen molar-refractivity contribution in [3.05, 3.63) is 29.3 Å². The Morgan fingerprint density at radius 1 is 1.44 bits per heavy atom. The second kappa shape index (κ2) is 5.55. The van der Waals surface area contributed by atoms with Crippen molar-refractivity contribution in [1.82, 2.24) is 0 Å². The Kier molecular flexibility index (Phi) is 4.08. The molecule has 1 aliphatic rings. The number of benzene rings is 1. The average Bonchev–Trinajstić information content (AvgIpc) is 3.07. The molecule has 2 rings (SSSR count). The summed E-state index contributed by atoms with van der Waals surface area (Å²) in [4.78, 5) is 0. The van der Waals surface area contributed by atoms with Gasteiger partial charge in [0.25, 0.3) is 0 Å². The van der Waals surface area contributed by atoms with Gasteiger partial charge in [-0.15, -0.1) is 0 Å². The maximum atomic E-state index is 5.98. The second-order valence-corrected chi connectivity index (χ2v) is 4.99. The van der Waals surface area contributed by atoms with Crippen LogP contribution in [0.2, 0.25) is 5.02 Å². The Hall–Kier alpha value is -0.730. The Balaban J connectivity index is 1.69. The highest BCUT2D eigenvalue weighted by atomic mass is 35.5. The van der Waals surface area contributed by atoms with Gasteiger partial charge in [0.05, 0.1) is 0 Å². The zero-order chi connectivity index (χ0) is 11.4. The van der Waals surface area contributed by atoms with E-state index in [9.17, 15) is 0 Å². The van der Waals surface area contributed by atoms with E-state index >= 15 is 0 Å². The maximum absolute atomic E-state index is 5.98. The van der Waals surface area contributed by atoms with Crippen LogP contribution < -0.4 is 10.5 Å². The molecule has 0 radical (unpaired) electrons. The normalized spacial score (nSPS) is 17.1. The van der Waals surface area contributed by atoms with Gasteiger partial charge in [-0.1, -0.05) is 30.5 Å². The predicted molar refractivity (Wildman–Crippen MR) is 66.9 cm³/mol. The topological polar surface area (TPSA) is 35.2 Å². The molecule has 1 aliphatic carbocycles. The fourth-order valence-electron chi connectivity index (χ4n) is 1.70. The van der Waals surface area contributed by atoms with Crippen molar-refractivity contribution >= 4 is 11.6 Å². The summed E-state index contributed by atoms with van der Waals surface area (Å²) in [6.45, 7) is 0.576. The third-order valence-corrected chi connectivity index (χ3v) is 3.14. The predicted octanol–water partition coefficient (Wildman–Crippen LogP) is 3.24. The Morgan fingerprint density at radius 2 is 2.25 bits per heavy atom. The van der Waals surface area contributed by atoms with Crippen LogP contribution in [0.25, 0.3) is 0 Å². The lowest BCUT2D eigenvalue weighted by Crippen LogP contribution is -2.27. The zero-order valence-corrected chi connectivity index (χ0v) is 10.1. The Bertz CT molecular complexity index is 338. The van der Waals surface area contributed by atoms with Gasteiger partial charge in [-0.3, -0.25) is 0 Å². The van der Waals surface area contributed by atoms with Crippen LogP contribution in [0.4, 0.5) is 0 Å². The minimum atomic E-state index is 0.139. The summed E-state index contributed by atoms with van der Waals surface area (Å²) in [5, 5.41) is 0.698. The molecule has 1 saturated carbocycles. The molecular weight excluding hydrogens is 222 g/mol. The first-order chi connectivity index (χ1) is 7.74. The Labute approximate surface area is 102 Å². The largest absolute Gasteiger partial charge is 0.492 e. The van der Waals surface area contributed by atoms with Crippen LogP contribution in [0.1, 0.15) is 25.7 Å². The fourth-order valence-corrected chi connectivity index (χ4v) is 1.88. The maximum Gasteiger partial charge on any atom is 0.120 e. The van der Waals surface area contributed by atoms with Gasteiger partial charge in [-0.25, -0.2) is 0 Å². The monoisotopic (exact) mass is 239 g/mol. The van der Waals surface area contributed by atoms with Crippen molar-refractivity contribution in [1.29, 1.82) is 0 Å². The van der Waals surface area contributed by atoms with Crippen LogP contribution in [0.5, 0.6) is 5.75 Å². The lowest BCUT2D eigenvalue weighted by atomic mass is 10.1. The molecule has 16 heavy (non-hydrogen) atoms. The van der Waals surface area contributed by atoms with E-state index in [-0.39, 0.29) is 6.04 Å². The van der Waals surface area contributed by atoms with E-state index in [1.807, 2.05) is 24.3 Å². The second-order valence-electron chi connectivity index (χ2n) is 4.55. The summed E-state index contributed by atoms with van der Waals surface area (Å²) in [6, 6.07) is 7.57. The van der Waals surface area contributed by atoms with E-state index in [4.69, 9.17) is 22.1 Å². The zero-order valence-electron chi connectivity index (χ0n) is 9.36. The van der Waals surface area contributed by atoms with Crippen LogP contribution in [0, 0.1) is 5.92 Å². The van der Waals surface area contributed by atoms with Crippen molar-refractivity contribution in [2.45, 2.75) is 31.7 Å². The average molecular weight is 240 g/mol. The number of ether oxygens (including phenoxy) is 1. The number of rotatable bonds is 6. The minimum absolute atomic E-state index is 0.139. The first kappa shape index (κ1) is 11.7. The molecule has 88 valence electrons. The van der Waals surface area contributed by atoms with Crippen LogP contribution >= 0.6 is 11.6 Å².